The maximum Gasteiger partial charge on any atom is 0.165 e. The van der Waals surface area contributed by atoms with Crippen LogP contribution in [0.15, 0.2) is 34.1 Å². The van der Waals surface area contributed by atoms with Gasteiger partial charge in [-0.25, -0.2) is 4.39 Å². The fraction of sp³-hybridized carbons (Fsp3) is 0.0833. The number of ether oxygens (including phenoxy) is 1. The minimum atomic E-state index is -0.515. The van der Waals surface area contributed by atoms with Gasteiger partial charge < -0.3 is 10.5 Å². The summed E-state index contributed by atoms with van der Waals surface area (Å²) in [6.07, 6.45) is 0. The summed E-state index contributed by atoms with van der Waals surface area (Å²) in [5.74, 6) is -0.523. The molecule has 1 aromatic carbocycles. The smallest absolute Gasteiger partial charge is 0.165 e. The highest BCUT2D eigenvalue weighted by Crippen LogP contribution is 2.23. The summed E-state index contributed by atoms with van der Waals surface area (Å²) in [6, 6.07) is 6.16. The van der Waals surface area contributed by atoms with Crippen molar-refractivity contribution in [3.63, 3.8) is 0 Å². The van der Waals surface area contributed by atoms with E-state index in [-0.39, 0.29) is 11.6 Å². The molecule has 1 heterocycles. The van der Waals surface area contributed by atoms with Crippen LogP contribution in [0.25, 0.3) is 0 Å². The van der Waals surface area contributed by atoms with Gasteiger partial charge in [-0.1, -0.05) is 0 Å². The Morgan fingerprint density at radius 2 is 2.22 bits per heavy atom. The predicted molar refractivity (Wildman–Crippen MR) is 73.8 cm³/mol. The number of hydrogen-bond acceptors (Lipinski definition) is 3. The molecule has 0 unspecified atom stereocenters. The second-order valence-corrected chi connectivity index (χ2v) is 5.49. The van der Waals surface area contributed by atoms with E-state index in [1.807, 2.05) is 11.4 Å². The van der Waals surface area contributed by atoms with Gasteiger partial charge in [-0.2, -0.15) is 0 Å². The molecule has 6 heteroatoms. The summed E-state index contributed by atoms with van der Waals surface area (Å²) in [4.78, 5) is 0.997. The lowest BCUT2D eigenvalue weighted by atomic mass is 10.2. The van der Waals surface area contributed by atoms with Crippen molar-refractivity contribution in [3.8, 4) is 5.75 Å². The largest absolute Gasteiger partial charge is 0.485 e. The van der Waals surface area contributed by atoms with E-state index in [0.29, 0.717) is 12.2 Å². The fourth-order valence-corrected chi connectivity index (χ4v) is 2.73. The zero-order valence-electron chi connectivity index (χ0n) is 9.24. The molecule has 0 bridgehead atoms. The molecule has 0 saturated carbocycles. The van der Waals surface area contributed by atoms with Gasteiger partial charge >= 0.3 is 0 Å². The summed E-state index contributed by atoms with van der Waals surface area (Å²) in [5.41, 5.74) is 5.62. The van der Waals surface area contributed by atoms with Gasteiger partial charge in [0, 0.05) is 20.3 Å². The first kappa shape index (κ1) is 13.0. The number of rotatable bonds is 4. The van der Waals surface area contributed by atoms with Gasteiger partial charge in [0.05, 0.1) is 0 Å². The molecule has 0 amide bonds. The molecule has 1 aromatic heterocycles. The standard InChI is InChI=1S/C12H10BrFN2OS/c13-8-4-9(18-6-8)5-17-11-2-1-7(12(15)16)3-10(11)14/h1-4,6H,5H2,(H3,15,16). The maximum atomic E-state index is 13.6. The maximum absolute atomic E-state index is 13.6. The van der Waals surface area contributed by atoms with E-state index in [0.717, 1.165) is 9.35 Å². The lowest BCUT2D eigenvalue weighted by Crippen LogP contribution is -2.11. The Hall–Kier alpha value is -1.40. The van der Waals surface area contributed by atoms with E-state index in [1.165, 1.54) is 23.5 Å². The molecule has 0 aliphatic heterocycles. The Balaban J connectivity index is 2.08. The van der Waals surface area contributed by atoms with Gasteiger partial charge in [0.2, 0.25) is 0 Å². The number of amidine groups is 1. The molecule has 0 radical (unpaired) electrons. The number of nitrogen functional groups attached to an aromatic ring is 1. The lowest BCUT2D eigenvalue weighted by molar-refractivity contribution is 0.293. The van der Waals surface area contributed by atoms with Gasteiger partial charge in [-0.05, 0) is 40.2 Å². The van der Waals surface area contributed by atoms with Crippen molar-refractivity contribution < 1.29 is 9.13 Å². The van der Waals surface area contributed by atoms with Gasteiger partial charge in [0.1, 0.15) is 12.4 Å². The molecule has 0 aliphatic rings. The highest BCUT2D eigenvalue weighted by Gasteiger charge is 2.07. The van der Waals surface area contributed by atoms with Crippen LogP contribution in [0.2, 0.25) is 0 Å². The minimum Gasteiger partial charge on any atom is -0.485 e. The zero-order chi connectivity index (χ0) is 13.1. The average Bonchev–Trinajstić information content (AvgIpc) is 2.73. The van der Waals surface area contributed by atoms with E-state index in [1.54, 1.807) is 6.07 Å². The monoisotopic (exact) mass is 328 g/mol. The van der Waals surface area contributed by atoms with Crippen LogP contribution in [0, 0.1) is 11.2 Å². The molecule has 2 rings (SSSR count). The quantitative estimate of drug-likeness (QED) is 0.666. The number of benzene rings is 1. The van der Waals surface area contributed by atoms with Gasteiger partial charge in [-0.15, -0.1) is 11.3 Å². The van der Waals surface area contributed by atoms with E-state index in [4.69, 9.17) is 15.9 Å². The molecule has 0 aliphatic carbocycles. The van der Waals surface area contributed by atoms with E-state index in [9.17, 15) is 4.39 Å². The minimum absolute atomic E-state index is 0.157. The highest BCUT2D eigenvalue weighted by atomic mass is 79.9. The van der Waals surface area contributed by atoms with E-state index in [2.05, 4.69) is 15.9 Å². The number of halogens is 2. The van der Waals surface area contributed by atoms with Gasteiger partial charge in [0.15, 0.2) is 11.6 Å². The van der Waals surface area contributed by atoms with Crippen molar-refractivity contribution in [1.82, 2.24) is 0 Å². The lowest BCUT2D eigenvalue weighted by Gasteiger charge is -2.07. The SMILES string of the molecule is N=C(N)c1ccc(OCc2cc(Br)cs2)c(F)c1. The predicted octanol–water partition coefficient (Wildman–Crippen LogP) is 3.51. The van der Waals surface area contributed by atoms with Crippen molar-refractivity contribution in [2.75, 3.05) is 0 Å². The van der Waals surface area contributed by atoms with Crippen molar-refractivity contribution in [2.45, 2.75) is 6.61 Å². The van der Waals surface area contributed by atoms with E-state index < -0.39 is 5.82 Å². The molecule has 3 nitrogen and oxygen atoms in total. The van der Waals surface area contributed by atoms with Crippen LogP contribution in [0.5, 0.6) is 5.75 Å². The van der Waals surface area contributed by atoms with Crippen LogP contribution in [-0.4, -0.2) is 5.84 Å². The summed E-state index contributed by atoms with van der Waals surface area (Å²) in [6.45, 7) is 0.312. The Morgan fingerprint density at radius 3 is 2.78 bits per heavy atom. The van der Waals surface area contributed by atoms with Gasteiger partial charge in [0.25, 0.3) is 0 Å². The molecule has 94 valence electrons. The van der Waals surface area contributed by atoms with Crippen LogP contribution in [0.4, 0.5) is 4.39 Å². The summed E-state index contributed by atoms with van der Waals surface area (Å²) in [5, 5.41) is 9.15. The Bertz CT molecular complexity index is 585. The average molecular weight is 329 g/mol. The highest BCUT2D eigenvalue weighted by molar-refractivity contribution is 9.10. The van der Waals surface area contributed by atoms with Crippen molar-refractivity contribution in [3.05, 3.63) is 50.4 Å². The normalized spacial score (nSPS) is 10.3. The third-order valence-electron chi connectivity index (χ3n) is 2.23. The molecule has 0 saturated heterocycles. The van der Waals surface area contributed by atoms with Crippen LogP contribution in [0.1, 0.15) is 10.4 Å². The summed E-state index contributed by atoms with van der Waals surface area (Å²) < 4.78 is 20.0. The molecule has 0 spiro atoms. The molecule has 0 fully saturated rings. The first-order chi connectivity index (χ1) is 8.56. The summed E-state index contributed by atoms with van der Waals surface area (Å²) >= 11 is 4.88. The number of nitrogens with two attached hydrogens (primary N) is 1. The number of hydrogen-bond donors (Lipinski definition) is 2. The van der Waals surface area contributed by atoms with Crippen molar-refractivity contribution >= 4 is 33.1 Å². The van der Waals surface area contributed by atoms with Crippen molar-refractivity contribution in [2.24, 2.45) is 5.73 Å². The Kier molecular flexibility index (Phi) is 3.98. The number of nitrogens with one attached hydrogen (secondary N) is 1. The van der Waals surface area contributed by atoms with Crippen LogP contribution >= 0.6 is 27.3 Å². The molecule has 2 aromatic rings. The topological polar surface area (TPSA) is 59.1 Å². The molecule has 3 N–H and O–H groups in total. The van der Waals surface area contributed by atoms with E-state index >= 15 is 0 Å². The molecular formula is C12H10BrFN2OS. The first-order valence-corrected chi connectivity index (χ1v) is 6.73. The van der Waals surface area contributed by atoms with Crippen LogP contribution < -0.4 is 10.5 Å². The van der Waals surface area contributed by atoms with Crippen molar-refractivity contribution in [1.29, 1.82) is 5.41 Å². The third kappa shape index (κ3) is 3.08. The Labute approximate surface area is 116 Å². The number of thiophene rings is 1. The summed E-state index contributed by atoms with van der Waals surface area (Å²) in [7, 11) is 0. The zero-order valence-corrected chi connectivity index (χ0v) is 11.6. The first-order valence-electron chi connectivity index (χ1n) is 5.06. The molecule has 0 atom stereocenters. The molecule has 18 heavy (non-hydrogen) atoms. The Morgan fingerprint density at radius 1 is 1.44 bits per heavy atom. The fourth-order valence-electron chi connectivity index (χ4n) is 1.36. The van der Waals surface area contributed by atoms with Crippen LogP contribution in [-0.2, 0) is 6.61 Å². The third-order valence-corrected chi connectivity index (χ3v) is 3.91. The second-order valence-electron chi connectivity index (χ2n) is 3.58. The van der Waals surface area contributed by atoms with Gasteiger partial charge in [-0.3, -0.25) is 5.41 Å². The molecular weight excluding hydrogens is 319 g/mol. The second kappa shape index (κ2) is 5.49. The van der Waals surface area contributed by atoms with Crippen LogP contribution in [0.3, 0.4) is 0 Å².